The number of aliphatic hydroxyl groups excluding tert-OH is 1. The van der Waals surface area contributed by atoms with Crippen molar-refractivity contribution in [1.29, 1.82) is 0 Å². The molecular formula is C17H18FNO. The van der Waals surface area contributed by atoms with Crippen molar-refractivity contribution in [2.24, 2.45) is 0 Å². The molecule has 0 radical (unpaired) electrons. The monoisotopic (exact) mass is 271 g/mol. The molecule has 3 rings (SSSR count). The number of nitrogens with zero attached hydrogens (tertiary/aromatic N) is 1. The summed E-state index contributed by atoms with van der Waals surface area (Å²) < 4.78 is 14.2. The topological polar surface area (TPSA) is 23.5 Å². The Morgan fingerprint density at radius 1 is 1.10 bits per heavy atom. The van der Waals surface area contributed by atoms with E-state index in [1.54, 1.807) is 19.1 Å². The van der Waals surface area contributed by atoms with Gasteiger partial charge in [0.2, 0.25) is 0 Å². The van der Waals surface area contributed by atoms with Crippen molar-refractivity contribution in [3.05, 3.63) is 65.0 Å². The number of benzene rings is 2. The molecule has 1 N–H and O–H groups in total. The number of rotatable bonds is 2. The third-order valence-corrected chi connectivity index (χ3v) is 3.91. The lowest BCUT2D eigenvalue weighted by Gasteiger charge is -2.33. The molecule has 3 heteroatoms. The number of hydrogen-bond donors (Lipinski definition) is 1. The first kappa shape index (κ1) is 13.1. The Balaban J connectivity index is 1.99. The van der Waals surface area contributed by atoms with Crippen LogP contribution >= 0.6 is 0 Å². The molecule has 0 amide bonds. The quantitative estimate of drug-likeness (QED) is 0.904. The fourth-order valence-corrected chi connectivity index (χ4v) is 2.89. The van der Waals surface area contributed by atoms with Gasteiger partial charge >= 0.3 is 0 Å². The van der Waals surface area contributed by atoms with Gasteiger partial charge in [0.05, 0.1) is 11.8 Å². The van der Waals surface area contributed by atoms with Gasteiger partial charge in [-0.05, 0) is 30.5 Å². The minimum Gasteiger partial charge on any atom is -0.389 e. The Bertz CT molecular complexity index is 624. The number of hydrogen-bond acceptors (Lipinski definition) is 2. The minimum absolute atomic E-state index is 0.261. The van der Waals surface area contributed by atoms with Crippen LogP contribution in [0.15, 0.2) is 42.5 Å². The van der Waals surface area contributed by atoms with E-state index < -0.39 is 6.10 Å². The summed E-state index contributed by atoms with van der Waals surface area (Å²) in [5.74, 6) is -0.261. The molecule has 1 atom stereocenters. The second-order valence-electron chi connectivity index (χ2n) is 5.29. The first-order chi connectivity index (χ1) is 9.66. The van der Waals surface area contributed by atoms with Gasteiger partial charge in [0, 0.05) is 18.7 Å². The molecule has 0 saturated heterocycles. The average molecular weight is 271 g/mol. The molecule has 1 heterocycles. The molecule has 104 valence electrons. The van der Waals surface area contributed by atoms with Crippen molar-refractivity contribution in [2.45, 2.75) is 26.0 Å². The second-order valence-corrected chi connectivity index (χ2v) is 5.29. The van der Waals surface area contributed by atoms with E-state index in [4.69, 9.17) is 0 Å². The molecular weight excluding hydrogens is 253 g/mol. The van der Waals surface area contributed by atoms with Gasteiger partial charge in [-0.3, -0.25) is 0 Å². The highest BCUT2D eigenvalue weighted by Crippen LogP contribution is 2.32. The molecule has 0 bridgehead atoms. The maximum atomic E-state index is 14.2. The molecule has 0 aromatic heterocycles. The number of aliphatic hydroxyl groups is 1. The lowest BCUT2D eigenvalue weighted by molar-refractivity contribution is 0.199. The lowest BCUT2D eigenvalue weighted by atomic mass is 9.98. The van der Waals surface area contributed by atoms with Crippen LogP contribution in [-0.2, 0) is 13.0 Å². The van der Waals surface area contributed by atoms with Crippen LogP contribution in [0.2, 0.25) is 0 Å². The van der Waals surface area contributed by atoms with Gasteiger partial charge in [-0.25, -0.2) is 4.39 Å². The van der Waals surface area contributed by atoms with Crippen LogP contribution in [0.1, 0.15) is 29.7 Å². The van der Waals surface area contributed by atoms with Gasteiger partial charge in [-0.1, -0.05) is 36.4 Å². The normalized spacial score (nSPS) is 15.8. The zero-order chi connectivity index (χ0) is 14.1. The van der Waals surface area contributed by atoms with E-state index in [9.17, 15) is 9.50 Å². The zero-order valence-electron chi connectivity index (χ0n) is 11.5. The van der Waals surface area contributed by atoms with Crippen molar-refractivity contribution >= 4 is 5.69 Å². The molecule has 2 aromatic rings. The Morgan fingerprint density at radius 2 is 1.85 bits per heavy atom. The summed E-state index contributed by atoms with van der Waals surface area (Å²) in [6.45, 7) is 3.14. The lowest BCUT2D eigenvalue weighted by Crippen LogP contribution is -2.32. The average Bonchev–Trinajstić information content (AvgIpc) is 2.46. The van der Waals surface area contributed by atoms with Crippen molar-refractivity contribution in [3.63, 3.8) is 0 Å². The molecule has 20 heavy (non-hydrogen) atoms. The van der Waals surface area contributed by atoms with Crippen LogP contribution < -0.4 is 4.90 Å². The highest BCUT2D eigenvalue weighted by molar-refractivity contribution is 5.57. The van der Waals surface area contributed by atoms with Gasteiger partial charge < -0.3 is 10.0 Å². The van der Waals surface area contributed by atoms with E-state index in [1.807, 2.05) is 17.0 Å². The number of fused-ring (bicyclic) bond motifs is 1. The highest BCUT2D eigenvalue weighted by Gasteiger charge is 2.22. The van der Waals surface area contributed by atoms with Crippen LogP contribution in [0.5, 0.6) is 0 Å². The van der Waals surface area contributed by atoms with E-state index >= 15 is 0 Å². The molecule has 1 aliphatic rings. The molecule has 2 aromatic carbocycles. The van der Waals surface area contributed by atoms with Gasteiger partial charge in [-0.15, -0.1) is 0 Å². The fourth-order valence-electron chi connectivity index (χ4n) is 2.89. The SMILES string of the molecule is CC(O)c1cccc(F)c1N1CCc2ccccc2C1. The molecule has 0 saturated carbocycles. The van der Waals surface area contributed by atoms with Gasteiger partial charge in [-0.2, -0.15) is 0 Å². The zero-order valence-corrected chi connectivity index (χ0v) is 11.5. The smallest absolute Gasteiger partial charge is 0.146 e. The molecule has 1 unspecified atom stereocenters. The summed E-state index contributed by atoms with van der Waals surface area (Å²) in [6, 6.07) is 13.2. The van der Waals surface area contributed by atoms with E-state index in [-0.39, 0.29) is 5.82 Å². The summed E-state index contributed by atoms with van der Waals surface area (Å²) in [5, 5.41) is 9.86. The Morgan fingerprint density at radius 3 is 2.60 bits per heavy atom. The Kier molecular flexibility index (Phi) is 3.45. The van der Waals surface area contributed by atoms with E-state index in [0.717, 1.165) is 13.0 Å². The standard InChI is InChI=1S/C17H18FNO/c1-12(20)15-7-4-8-16(18)17(15)19-10-9-13-5-2-3-6-14(13)11-19/h2-8,12,20H,9-11H2,1H3. The van der Waals surface area contributed by atoms with E-state index in [1.165, 1.54) is 17.2 Å². The second kappa shape index (κ2) is 5.25. The van der Waals surface area contributed by atoms with Crippen LogP contribution in [-0.4, -0.2) is 11.7 Å². The number of anilines is 1. The summed E-state index contributed by atoms with van der Waals surface area (Å²) in [6.07, 6.45) is 0.238. The Labute approximate surface area is 118 Å². The number of para-hydroxylation sites is 1. The summed E-state index contributed by atoms with van der Waals surface area (Å²) in [4.78, 5) is 2.03. The molecule has 0 fully saturated rings. The predicted molar refractivity (Wildman–Crippen MR) is 78.2 cm³/mol. The van der Waals surface area contributed by atoms with Gasteiger partial charge in [0.25, 0.3) is 0 Å². The van der Waals surface area contributed by atoms with Crippen molar-refractivity contribution in [1.82, 2.24) is 0 Å². The van der Waals surface area contributed by atoms with Crippen molar-refractivity contribution in [3.8, 4) is 0 Å². The first-order valence-electron chi connectivity index (χ1n) is 6.95. The largest absolute Gasteiger partial charge is 0.389 e. The van der Waals surface area contributed by atoms with Crippen LogP contribution in [0.4, 0.5) is 10.1 Å². The molecule has 1 aliphatic heterocycles. The van der Waals surface area contributed by atoms with Crippen LogP contribution in [0.3, 0.4) is 0 Å². The van der Waals surface area contributed by atoms with E-state index in [2.05, 4.69) is 12.1 Å². The fraction of sp³-hybridized carbons (Fsp3) is 0.294. The van der Waals surface area contributed by atoms with Gasteiger partial charge in [0.1, 0.15) is 5.82 Å². The molecule has 2 nitrogen and oxygen atoms in total. The van der Waals surface area contributed by atoms with Crippen molar-refractivity contribution in [2.75, 3.05) is 11.4 Å². The van der Waals surface area contributed by atoms with Crippen molar-refractivity contribution < 1.29 is 9.50 Å². The van der Waals surface area contributed by atoms with E-state index in [0.29, 0.717) is 17.8 Å². The maximum absolute atomic E-state index is 14.2. The summed E-state index contributed by atoms with van der Waals surface area (Å²) >= 11 is 0. The Hall–Kier alpha value is -1.87. The highest BCUT2D eigenvalue weighted by atomic mass is 19.1. The summed E-state index contributed by atoms with van der Waals surface area (Å²) in [5.41, 5.74) is 3.76. The molecule has 0 aliphatic carbocycles. The maximum Gasteiger partial charge on any atom is 0.146 e. The van der Waals surface area contributed by atoms with Crippen LogP contribution in [0, 0.1) is 5.82 Å². The minimum atomic E-state index is -0.669. The molecule has 0 spiro atoms. The summed E-state index contributed by atoms with van der Waals surface area (Å²) in [7, 11) is 0. The van der Waals surface area contributed by atoms with Gasteiger partial charge in [0.15, 0.2) is 0 Å². The first-order valence-corrected chi connectivity index (χ1v) is 6.95. The third-order valence-electron chi connectivity index (χ3n) is 3.91. The predicted octanol–water partition coefficient (Wildman–Crippen LogP) is 3.44. The van der Waals surface area contributed by atoms with Crippen LogP contribution in [0.25, 0.3) is 0 Å². The third kappa shape index (κ3) is 2.29. The number of halogens is 1.